The van der Waals surface area contributed by atoms with Gasteiger partial charge in [0.2, 0.25) is 0 Å². The SMILES string of the molecule is Cc1nn(-c2ccccn2)c2nc(C3CC3)cc(C(=O)Nc3cc(C(F)(F)F)c[nH]c3=O)c12. The lowest BCUT2D eigenvalue weighted by Gasteiger charge is -2.11. The highest BCUT2D eigenvalue weighted by atomic mass is 19.4. The fraction of sp³-hybridized carbons (Fsp3) is 0.227. The molecule has 0 aromatic carbocycles. The van der Waals surface area contributed by atoms with Gasteiger partial charge >= 0.3 is 6.18 Å². The van der Waals surface area contributed by atoms with Crippen LogP contribution in [0.3, 0.4) is 0 Å². The number of aromatic nitrogens is 5. The molecule has 0 aliphatic heterocycles. The Kier molecular flexibility index (Phi) is 4.76. The van der Waals surface area contributed by atoms with E-state index in [2.05, 4.69) is 15.4 Å². The molecule has 5 rings (SSSR count). The van der Waals surface area contributed by atoms with Crippen molar-refractivity contribution >= 4 is 22.6 Å². The number of carbonyl (C=O) groups excluding carboxylic acids is 1. The molecule has 1 aliphatic carbocycles. The molecule has 1 amide bonds. The largest absolute Gasteiger partial charge is 0.417 e. The summed E-state index contributed by atoms with van der Waals surface area (Å²) in [6.07, 6.45) is -0.661. The molecule has 0 atom stereocenters. The Labute approximate surface area is 184 Å². The molecule has 0 spiro atoms. The van der Waals surface area contributed by atoms with E-state index < -0.39 is 28.9 Å². The van der Waals surface area contributed by atoms with Gasteiger partial charge < -0.3 is 10.3 Å². The van der Waals surface area contributed by atoms with Crippen molar-refractivity contribution in [3.8, 4) is 5.82 Å². The predicted octanol–water partition coefficient (Wildman–Crippen LogP) is 3.96. The fourth-order valence-corrected chi connectivity index (χ4v) is 3.64. The average molecular weight is 454 g/mol. The van der Waals surface area contributed by atoms with Crippen LogP contribution < -0.4 is 10.9 Å². The van der Waals surface area contributed by atoms with E-state index in [1.165, 1.54) is 4.68 Å². The van der Waals surface area contributed by atoms with Gasteiger partial charge in [-0.3, -0.25) is 9.59 Å². The molecule has 168 valence electrons. The minimum Gasteiger partial charge on any atom is -0.327 e. The van der Waals surface area contributed by atoms with Crippen molar-refractivity contribution in [2.45, 2.75) is 31.9 Å². The van der Waals surface area contributed by atoms with Crippen LogP contribution in [-0.2, 0) is 6.18 Å². The van der Waals surface area contributed by atoms with Crippen LogP contribution in [0, 0.1) is 6.92 Å². The van der Waals surface area contributed by atoms with Crippen LogP contribution >= 0.6 is 0 Å². The van der Waals surface area contributed by atoms with Crippen molar-refractivity contribution in [3.05, 3.63) is 75.6 Å². The third-order valence-electron chi connectivity index (χ3n) is 5.42. The Morgan fingerprint density at radius 1 is 1.24 bits per heavy atom. The van der Waals surface area contributed by atoms with Crippen LogP contribution in [0.2, 0.25) is 0 Å². The van der Waals surface area contributed by atoms with Crippen molar-refractivity contribution < 1.29 is 18.0 Å². The number of fused-ring (bicyclic) bond motifs is 1. The first-order chi connectivity index (χ1) is 15.7. The molecule has 4 heterocycles. The number of H-pyrrole nitrogens is 1. The predicted molar refractivity (Wildman–Crippen MR) is 113 cm³/mol. The second kappa shape index (κ2) is 7.54. The van der Waals surface area contributed by atoms with E-state index in [0.717, 1.165) is 12.8 Å². The summed E-state index contributed by atoms with van der Waals surface area (Å²) in [5.74, 6) is -0.0279. The van der Waals surface area contributed by atoms with Gasteiger partial charge in [0.15, 0.2) is 11.5 Å². The number of nitrogens with one attached hydrogen (secondary N) is 2. The third-order valence-corrected chi connectivity index (χ3v) is 5.42. The number of hydrogen-bond acceptors (Lipinski definition) is 5. The zero-order valence-electron chi connectivity index (χ0n) is 17.3. The molecule has 1 saturated carbocycles. The van der Waals surface area contributed by atoms with Gasteiger partial charge in [-0.15, -0.1) is 0 Å². The van der Waals surface area contributed by atoms with Gasteiger partial charge in [0, 0.05) is 24.0 Å². The first-order valence-corrected chi connectivity index (χ1v) is 10.2. The Bertz CT molecular complexity index is 1440. The minimum atomic E-state index is -4.67. The average Bonchev–Trinajstić information content (AvgIpc) is 3.58. The van der Waals surface area contributed by atoms with E-state index >= 15 is 0 Å². The molecule has 11 heteroatoms. The summed E-state index contributed by atoms with van der Waals surface area (Å²) >= 11 is 0. The number of nitrogens with zero attached hydrogens (tertiary/aromatic N) is 4. The van der Waals surface area contributed by atoms with Crippen molar-refractivity contribution in [1.82, 2.24) is 24.7 Å². The van der Waals surface area contributed by atoms with Crippen molar-refractivity contribution in [3.63, 3.8) is 0 Å². The third kappa shape index (κ3) is 3.86. The lowest BCUT2D eigenvalue weighted by Crippen LogP contribution is -2.22. The van der Waals surface area contributed by atoms with Crippen LogP contribution in [0.4, 0.5) is 18.9 Å². The molecule has 4 aromatic rings. The first-order valence-electron chi connectivity index (χ1n) is 10.2. The lowest BCUT2D eigenvalue weighted by atomic mass is 10.1. The molecular formula is C22H17F3N6O2. The zero-order chi connectivity index (χ0) is 23.3. The number of anilines is 1. The Morgan fingerprint density at radius 3 is 2.70 bits per heavy atom. The monoisotopic (exact) mass is 454 g/mol. The van der Waals surface area contributed by atoms with Crippen LogP contribution in [0.1, 0.15) is 46.1 Å². The summed E-state index contributed by atoms with van der Waals surface area (Å²) in [4.78, 5) is 36.3. The Hall–Kier alpha value is -4.02. The maximum absolute atomic E-state index is 13.2. The number of hydrogen-bond donors (Lipinski definition) is 2. The van der Waals surface area contributed by atoms with E-state index in [0.29, 0.717) is 40.5 Å². The van der Waals surface area contributed by atoms with E-state index in [9.17, 15) is 22.8 Å². The summed E-state index contributed by atoms with van der Waals surface area (Å²) in [5.41, 5.74) is -0.643. The molecule has 1 aliphatic rings. The molecule has 4 aromatic heterocycles. The van der Waals surface area contributed by atoms with Crippen molar-refractivity contribution in [2.24, 2.45) is 0 Å². The van der Waals surface area contributed by atoms with Crippen LogP contribution in [-0.4, -0.2) is 30.6 Å². The van der Waals surface area contributed by atoms with Crippen LogP contribution in [0.25, 0.3) is 16.9 Å². The maximum atomic E-state index is 13.2. The second-order valence-corrected chi connectivity index (χ2v) is 7.84. The van der Waals surface area contributed by atoms with Gasteiger partial charge in [-0.2, -0.15) is 23.0 Å². The standard InChI is InChI=1S/C22H17F3N6O2/c1-11-18-14(20(32)29-16-8-13(22(23,24)25)10-27-21(16)33)9-15(12-5-6-12)28-19(18)31(30-11)17-4-2-3-7-26-17/h2-4,7-10,12H,5-6H2,1H3,(H,27,33)(H,29,32). The summed E-state index contributed by atoms with van der Waals surface area (Å²) in [5, 5.41) is 7.26. The number of aromatic amines is 1. The van der Waals surface area contributed by atoms with Crippen molar-refractivity contribution in [2.75, 3.05) is 5.32 Å². The fourth-order valence-electron chi connectivity index (χ4n) is 3.64. The molecule has 8 nitrogen and oxygen atoms in total. The van der Waals surface area contributed by atoms with E-state index in [4.69, 9.17) is 4.98 Å². The summed E-state index contributed by atoms with van der Waals surface area (Å²) in [7, 11) is 0. The number of alkyl halides is 3. The maximum Gasteiger partial charge on any atom is 0.417 e. The molecule has 0 bridgehead atoms. The number of rotatable bonds is 4. The van der Waals surface area contributed by atoms with Crippen LogP contribution in [0.15, 0.2) is 47.5 Å². The number of pyridine rings is 3. The van der Waals surface area contributed by atoms with E-state index in [1.54, 1.807) is 37.4 Å². The highest BCUT2D eigenvalue weighted by Crippen LogP contribution is 2.40. The van der Waals surface area contributed by atoms with Gasteiger partial charge in [-0.1, -0.05) is 6.07 Å². The van der Waals surface area contributed by atoms with Gasteiger partial charge in [0.25, 0.3) is 11.5 Å². The van der Waals surface area contributed by atoms with Crippen LogP contribution in [0.5, 0.6) is 0 Å². The first kappa shape index (κ1) is 20.9. The van der Waals surface area contributed by atoms with E-state index in [1.807, 2.05) is 4.98 Å². The molecule has 2 N–H and O–H groups in total. The van der Waals surface area contributed by atoms with Gasteiger partial charge in [0.05, 0.1) is 22.2 Å². The summed E-state index contributed by atoms with van der Waals surface area (Å²) in [6, 6.07) is 7.54. The highest BCUT2D eigenvalue weighted by molar-refractivity contribution is 6.12. The Balaban J connectivity index is 1.63. The molecule has 33 heavy (non-hydrogen) atoms. The molecule has 0 unspecified atom stereocenters. The number of amides is 1. The topological polar surface area (TPSA) is 106 Å². The van der Waals surface area contributed by atoms with Gasteiger partial charge in [-0.25, -0.2) is 9.97 Å². The summed E-state index contributed by atoms with van der Waals surface area (Å²) in [6.45, 7) is 1.70. The lowest BCUT2D eigenvalue weighted by molar-refractivity contribution is -0.137. The second-order valence-electron chi connectivity index (χ2n) is 7.84. The van der Waals surface area contributed by atoms with Gasteiger partial charge in [0.1, 0.15) is 5.69 Å². The molecule has 0 saturated heterocycles. The van der Waals surface area contributed by atoms with Crippen molar-refractivity contribution in [1.29, 1.82) is 0 Å². The summed E-state index contributed by atoms with van der Waals surface area (Å²) < 4.78 is 40.8. The smallest absolute Gasteiger partial charge is 0.327 e. The number of carbonyl (C=O) groups is 1. The molecular weight excluding hydrogens is 437 g/mol. The molecule has 0 radical (unpaired) electrons. The highest BCUT2D eigenvalue weighted by Gasteiger charge is 2.32. The normalized spacial score (nSPS) is 13.9. The van der Waals surface area contributed by atoms with E-state index in [-0.39, 0.29) is 11.5 Å². The zero-order valence-corrected chi connectivity index (χ0v) is 17.3. The minimum absolute atomic E-state index is 0.179. The Morgan fingerprint density at radius 2 is 2.03 bits per heavy atom. The number of aryl methyl sites for hydroxylation is 1. The number of halogens is 3. The molecule has 1 fully saturated rings. The van der Waals surface area contributed by atoms with Gasteiger partial charge in [-0.05, 0) is 44.0 Å². The quantitative estimate of drug-likeness (QED) is 0.486.